The molecule has 0 saturated heterocycles. The highest BCUT2D eigenvalue weighted by molar-refractivity contribution is 5.88. The second-order valence-electron chi connectivity index (χ2n) is 7.00. The molecule has 1 amide bonds. The van der Waals surface area contributed by atoms with Gasteiger partial charge in [-0.25, -0.2) is 0 Å². The molecule has 0 aromatic heterocycles. The molecular formula is C18H26ClF3N2O3. The van der Waals surface area contributed by atoms with Crippen molar-refractivity contribution < 1.29 is 27.4 Å². The first-order valence-electron chi connectivity index (χ1n) is 8.53. The molecule has 9 heteroatoms. The van der Waals surface area contributed by atoms with Gasteiger partial charge in [-0.2, -0.15) is 0 Å². The Labute approximate surface area is 163 Å². The summed E-state index contributed by atoms with van der Waals surface area (Å²) in [6, 6.07) is 5.86. The van der Waals surface area contributed by atoms with Crippen LogP contribution in [-0.2, 0) is 16.0 Å². The molecule has 3 N–H and O–H groups in total. The first-order chi connectivity index (χ1) is 12.0. The molecule has 1 aliphatic carbocycles. The van der Waals surface area contributed by atoms with Gasteiger partial charge in [0.25, 0.3) is 0 Å². The lowest BCUT2D eigenvalue weighted by atomic mass is 9.54. The predicted molar refractivity (Wildman–Crippen MR) is 97.8 cm³/mol. The number of nitrogens with two attached hydrogens (primary N) is 1. The third kappa shape index (κ3) is 5.06. The Balaban J connectivity index is 0.00000364. The zero-order valence-corrected chi connectivity index (χ0v) is 16.4. The summed E-state index contributed by atoms with van der Waals surface area (Å²) in [6.45, 7) is 6.34. The Bertz CT molecular complexity index is 655. The molecule has 0 heterocycles. The van der Waals surface area contributed by atoms with Crippen molar-refractivity contribution in [3.63, 3.8) is 0 Å². The molecule has 0 spiro atoms. The number of carbonyl (C=O) groups excluding carboxylic acids is 1. The molecule has 5 nitrogen and oxygen atoms in total. The average Bonchev–Trinajstić information content (AvgIpc) is 2.54. The summed E-state index contributed by atoms with van der Waals surface area (Å²) in [5.74, 6) is -0.593. The van der Waals surface area contributed by atoms with Crippen LogP contribution < -0.4 is 15.8 Å². The van der Waals surface area contributed by atoms with Gasteiger partial charge < -0.3 is 20.5 Å². The fourth-order valence-electron chi connectivity index (χ4n) is 3.22. The fraction of sp³-hybridized carbons (Fsp3) is 0.611. The fourth-order valence-corrected chi connectivity index (χ4v) is 3.22. The lowest BCUT2D eigenvalue weighted by Crippen LogP contribution is -2.75. The minimum atomic E-state index is -4.76. The number of hydrogen-bond donors (Lipinski definition) is 2. The van der Waals surface area contributed by atoms with Crippen LogP contribution in [0.2, 0.25) is 0 Å². The molecule has 0 aliphatic heterocycles. The number of nitrogens with one attached hydrogen (secondary N) is 1. The number of alkyl halides is 3. The summed E-state index contributed by atoms with van der Waals surface area (Å²) in [6.07, 6.45) is -4.24. The average molecular weight is 411 g/mol. The van der Waals surface area contributed by atoms with Gasteiger partial charge in [0.05, 0.1) is 6.10 Å². The molecule has 2 atom stereocenters. The number of rotatable bonds is 7. The second-order valence-corrected chi connectivity index (χ2v) is 7.00. The first-order valence-corrected chi connectivity index (χ1v) is 8.53. The molecule has 1 aromatic rings. The van der Waals surface area contributed by atoms with Gasteiger partial charge in [-0.3, -0.25) is 4.79 Å². The maximum atomic E-state index is 12.5. The van der Waals surface area contributed by atoms with E-state index in [1.807, 2.05) is 20.8 Å². The van der Waals surface area contributed by atoms with Gasteiger partial charge in [0, 0.05) is 25.0 Å². The SMILES string of the molecule is CCOC1CC(N)(C(=O)NCCc2ccccc2OC(F)(F)F)C1(C)C.Cl. The van der Waals surface area contributed by atoms with Gasteiger partial charge in [0.1, 0.15) is 11.3 Å². The van der Waals surface area contributed by atoms with Crippen molar-refractivity contribution in [3.8, 4) is 5.75 Å². The first kappa shape index (κ1) is 23.5. The zero-order chi connectivity index (χ0) is 19.6. The summed E-state index contributed by atoms with van der Waals surface area (Å²) in [5, 5.41) is 2.73. The van der Waals surface area contributed by atoms with E-state index >= 15 is 0 Å². The van der Waals surface area contributed by atoms with Crippen LogP contribution in [0.1, 0.15) is 32.8 Å². The number of hydrogen-bond acceptors (Lipinski definition) is 4. The zero-order valence-electron chi connectivity index (χ0n) is 15.6. The van der Waals surface area contributed by atoms with E-state index in [9.17, 15) is 18.0 Å². The monoisotopic (exact) mass is 410 g/mol. The highest BCUT2D eigenvalue weighted by Crippen LogP contribution is 2.49. The van der Waals surface area contributed by atoms with Crippen LogP contribution in [-0.4, -0.2) is 37.1 Å². The molecule has 27 heavy (non-hydrogen) atoms. The Morgan fingerprint density at radius 3 is 2.52 bits per heavy atom. The predicted octanol–water partition coefficient (Wildman–Crippen LogP) is 3.20. The number of halogens is 4. The minimum absolute atomic E-state index is 0. The van der Waals surface area contributed by atoms with E-state index in [0.717, 1.165) is 0 Å². The molecular weight excluding hydrogens is 385 g/mol. The van der Waals surface area contributed by atoms with Gasteiger partial charge in [0.15, 0.2) is 0 Å². The highest BCUT2D eigenvalue weighted by Gasteiger charge is 2.62. The second kappa shape index (κ2) is 8.67. The van der Waals surface area contributed by atoms with E-state index in [4.69, 9.17) is 10.5 Å². The number of para-hydroxylation sites is 1. The number of benzene rings is 1. The Hall–Kier alpha value is -1.51. The highest BCUT2D eigenvalue weighted by atomic mass is 35.5. The normalized spacial score (nSPS) is 23.7. The summed E-state index contributed by atoms with van der Waals surface area (Å²) in [7, 11) is 0. The van der Waals surface area contributed by atoms with Crippen molar-refractivity contribution in [2.75, 3.05) is 13.2 Å². The summed E-state index contributed by atoms with van der Waals surface area (Å²) < 4.78 is 46.9. The summed E-state index contributed by atoms with van der Waals surface area (Å²) in [4.78, 5) is 12.5. The van der Waals surface area contributed by atoms with Crippen molar-refractivity contribution in [3.05, 3.63) is 29.8 Å². The topological polar surface area (TPSA) is 73.6 Å². The van der Waals surface area contributed by atoms with Crippen molar-refractivity contribution in [1.29, 1.82) is 0 Å². The van der Waals surface area contributed by atoms with Crippen LogP contribution in [0.15, 0.2) is 24.3 Å². The lowest BCUT2D eigenvalue weighted by molar-refractivity contribution is -0.274. The maximum Gasteiger partial charge on any atom is 0.573 e. The number of carbonyl (C=O) groups is 1. The third-order valence-corrected chi connectivity index (χ3v) is 5.11. The van der Waals surface area contributed by atoms with Gasteiger partial charge in [-0.05, 0) is 25.0 Å². The third-order valence-electron chi connectivity index (χ3n) is 5.11. The van der Waals surface area contributed by atoms with Crippen LogP contribution in [0.25, 0.3) is 0 Å². The molecule has 1 fully saturated rings. The molecule has 1 aromatic carbocycles. The van der Waals surface area contributed by atoms with Crippen molar-refractivity contribution >= 4 is 18.3 Å². The van der Waals surface area contributed by atoms with Gasteiger partial charge in [-0.1, -0.05) is 32.0 Å². The Morgan fingerprint density at radius 2 is 1.96 bits per heavy atom. The van der Waals surface area contributed by atoms with E-state index < -0.39 is 17.3 Å². The van der Waals surface area contributed by atoms with E-state index in [1.165, 1.54) is 18.2 Å². The Morgan fingerprint density at radius 1 is 1.33 bits per heavy atom. The molecule has 2 unspecified atom stereocenters. The number of amides is 1. The largest absolute Gasteiger partial charge is 0.573 e. The van der Waals surface area contributed by atoms with E-state index in [0.29, 0.717) is 18.6 Å². The quantitative estimate of drug-likeness (QED) is 0.724. The molecule has 1 saturated carbocycles. The van der Waals surface area contributed by atoms with Crippen LogP contribution in [0.4, 0.5) is 13.2 Å². The maximum absolute atomic E-state index is 12.5. The standard InChI is InChI=1S/C18H25F3N2O3.ClH/c1-4-25-14-11-17(22,16(14,2)3)15(24)23-10-9-12-7-5-6-8-13(12)26-18(19,20)21;/h5-8,14H,4,9-11,22H2,1-3H3,(H,23,24);1H. The van der Waals surface area contributed by atoms with Gasteiger partial charge in [0.2, 0.25) is 5.91 Å². The summed E-state index contributed by atoms with van der Waals surface area (Å²) in [5.41, 5.74) is 5.05. The molecule has 154 valence electrons. The van der Waals surface area contributed by atoms with Crippen molar-refractivity contribution in [1.82, 2.24) is 5.32 Å². The van der Waals surface area contributed by atoms with Crippen LogP contribution >= 0.6 is 12.4 Å². The molecule has 1 aliphatic rings. The molecule has 0 bridgehead atoms. The number of ether oxygens (including phenoxy) is 2. The Kier molecular flexibility index (Phi) is 7.55. The summed E-state index contributed by atoms with van der Waals surface area (Å²) >= 11 is 0. The van der Waals surface area contributed by atoms with Gasteiger partial charge >= 0.3 is 6.36 Å². The molecule has 0 radical (unpaired) electrons. The van der Waals surface area contributed by atoms with E-state index in [1.54, 1.807) is 6.07 Å². The van der Waals surface area contributed by atoms with Crippen LogP contribution in [0.3, 0.4) is 0 Å². The van der Waals surface area contributed by atoms with Gasteiger partial charge in [-0.15, -0.1) is 25.6 Å². The van der Waals surface area contributed by atoms with E-state index in [-0.39, 0.29) is 43.1 Å². The smallest absolute Gasteiger partial charge is 0.406 e. The molecule has 2 rings (SSSR count). The van der Waals surface area contributed by atoms with Crippen molar-refractivity contribution in [2.24, 2.45) is 11.1 Å². The van der Waals surface area contributed by atoms with Crippen molar-refractivity contribution in [2.45, 2.75) is 51.6 Å². The van der Waals surface area contributed by atoms with Crippen LogP contribution in [0, 0.1) is 5.41 Å². The minimum Gasteiger partial charge on any atom is -0.406 e. The lowest BCUT2D eigenvalue weighted by Gasteiger charge is -2.57. The van der Waals surface area contributed by atoms with Crippen LogP contribution in [0.5, 0.6) is 5.75 Å². The van der Waals surface area contributed by atoms with E-state index in [2.05, 4.69) is 10.1 Å².